The second-order valence-corrected chi connectivity index (χ2v) is 8.82. The molecule has 0 radical (unpaired) electrons. The van der Waals surface area contributed by atoms with Crippen molar-refractivity contribution < 1.29 is 9.18 Å². The average Bonchev–Trinajstić information content (AvgIpc) is 2.82. The Kier molecular flexibility index (Phi) is 5.49. The summed E-state index contributed by atoms with van der Waals surface area (Å²) >= 11 is 1.65. The molecule has 0 saturated carbocycles. The van der Waals surface area contributed by atoms with Crippen LogP contribution in [-0.2, 0) is 6.54 Å². The monoisotopic (exact) mass is 445 g/mol. The number of nitrogens with one attached hydrogen (secondary N) is 1. The highest BCUT2D eigenvalue weighted by atomic mass is 32.2. The summed E-state index contributed by atoms with van der Waals surface area (Å²) in [6, 6.07) is 20.9. The quantitative estimate of drug-likeness (QED) is 0.501. The molecule has 2 heterocycles. The van der Waals surface area contributed by atoms with E-state index < -0.39 is 0 Å². The molecule has 32 heavy (non-hydrogen) atoms. The lowest BCUT2D eigenvalue weighted by molar-refractivity contribution is 0.0929. The summed E-state index contributed by atoms with van der Waals surface area (Å²) in [5.41, 5.74) is 1.63. The Morgan fingerprint density at radius 2 is 1.81 bits per heavy atom. The number of carbonyl (C=O) groups is 1. The minimum absolute atomic E-state index is 0.187. The van der Waals surface area contributed by atoms with Gasteiger partial charge in [-0.1, -0.05) is 48.5 Å². The fourth-order valence-corrected chi connectivity index (χ4v) is 5.11. The average molecular weight is 446 g/mol. The van der Waals surface area contributed by atoms with Crippen LogP contribution in [0.4, 0.5) is 4.39 Å². The van der Waals surface area contributed by atoms with E-state index in [9.17, 15) is 14.0 Å². The molecule has 7 heteroatoms. The van der Waals surface area contributed by atoms with Crippen molar-refractivity contribution in [1.82, 2.24) is 15.1 Å². The Morgan fingerprint density at radius 3 is 2.62 bits per heavy atom. The molecule has 5 nitrogen and oxygen atoms in total. The predicted molar refractivity (Wildman–Crippen MR) is 123 cm³/mol. The number of hydrogen-bond acceptors (Lipinski definition) is 4. The van der Waals surface area contributed by atoms with Gasteiger partial charge in [-0.25, -0.2) is 9.07 Å². The van der Waals surface area contributed by atoms with Crippen molar-refractivity contribution in [2.75, 3.05) is 5.75 Å². The van der Waals surface area contributed by atoms with Crippen LogP contribution in [0.2, 0.25) is 0 Å². The summed E-state index contributed by atoms with van der Waals surface area (Å²) in [6.07, 6.45) is 0.689. The van der Waals surface area contributed by atoms with E-state index in [1.165, 1.54) is 16.8 Å². The van der Waals surface area contributed by atoms with Crippen LogP contribution in [0.15, 0.2) is 82.5 Å². The van der Waals surface area contributed by atoms with Gasteiger partial charge in [0.25, 0.3) is 11.5 Å². The molecule has 1 atom stereocenters. The Balaban J connectivity index is 1.54. The number of thioether (sulfide) groups is 1. The smallest absolute Gasteiger partial charge is 0.274 e. The van der Waals surface area contributed by atoms with Gasteiger partial charge in [-0.05, 0) is 41.8 Å². The first-order chi connectivity index (χ1) is 15.6. The van der Waals surface area contributed by atoms with E-state index in [0.29, 0.717) is 17.2 Å². The molecule has 0 bridgehead atoms. The van der Waals surface area contributed by atoms with Crippen molar-refractivity contribution in [3.63, 3.8) is 0 Å². The first-order valence-electron chi connectivity index (χ1n) is 10.4. The fourth-order valence-electron chi connectivity index (χ4n) is 4.01. The molecular formula is C25H20FN3O2S. The van der Waals surface area contributed by atoms with E-state index in [0.717, 1.165) is 21.8 Å². The van der Waals surface area contributed by atoms with Gasteiger partial charge in [0.2, 0.25) is 0 Å². The number of amides is 1. The summed E-state index contributed by atoms with van der Waals surface area (Å²) in [4.78, 5) is 27.3. The van der Waals surface area contributed by atoms with Crippen LogP contribution in [-0.4, -0.2) is 21.4 Å². The van der Waals surface area contributed by atoms with Gasteiger partial charge >= 0.3 is 0 Å². The molecule has 1 aromatic heterocycles. The van der Waals surface area contributed by atoms with E-state index in [4.69, 9.17) is 0 Å². The molecule has 160 valence electrons. The SMILES string of the molecule is O=C(N[C@@H]1CCSc2ccc(F)cc21)c1nn(Cc2ccccc2)c(=O)c2ccccc12. The minimum Gasteiger partial charge on any atom is -0.344 e. The van der Waals surface area contributed by atoms with Gasteiger partial charge in [0.1, 0.15) is 5.82 Å². The van der Waals surface area contributed by atoms with E-state index in [-0.39, 0.29) is 35.6 Å². The van der Waals surface area contributed by atoms with Crippen molar-refractivity contribution in [2.45, 2.75) is 23.9 Å². The van der Waals surface area contributed by atoms with Crippen LogP contribution in [0, 0.1) is 5.82 Å². The molecule has 0 spiro atoms. The molecule has 1 amide bonds. The van der Waals surface area contributed by atoms with Crippen LogP contribution >= 0.6 is 11.8 Å². The van der Waals surface area contributed by atoms with Crippen molar-refractivity contribution >= 4 is 28.4 Å². The van der Waals surface area contributed by atoms with Crippen molar-refractivity contribution in [3.05, 3.63) is 106 Å². The van der Waals surface area contributed by atoms with E-state index in [1.54, 1.807) is 42.1 Å². The molecule has 1 aliphatic rings. The van der Waals surface area contributed by atoms with Crippen LogP contribution in [0.1, 0.15) is 34.1 Å². The lowest BCUT2D eigenvalue weighted by Gasteiger charge is -2.26. The van der Waals surface area contributed by atoms with Gasteiger partial charge in [-0.3, -0.25) is 9.59 Å². The van der Waals surface area contributed by atoms with Gasteiger partial charge < -0.3 is 5.32 Å². The molecule has 0 saturated heterocycles. The molecule has 1 aliphatic heterocycles. The second-order valence-electron chi connectivity index (χ2n) is 7.69. The number of carbonyl (C=O) groups excluding carboxylic acids is 1. The molecule has 5 rings (SSSR count). The largest absolute Gasteiger partial charge is 0.344 e. The summed E-state index contributed by atoms with van der Waals surface area (Å²) < 4.78 is 15.2. The van der Waals surface area contributed by atoms with E-state index in [2.05, 4.69) is 10.4 Å². The van der Waals surface area contributed by atoms with Gasteiger partial charge in [0.05, 0.1) is 18.0 Å². The number of nitrogens with zero attached hydrogens (tertiary/aromatic N) is 2. The maximum atomic E-state index is 13.9. The number of halogens is 1. The summed E-state index contributed by atoms with van der Waals surface area (Å²) in [6.45, 7) is 0.263. The number of rotatable bonds is 4. The highest BCUT2D eigenvalue weighted by Gasteiger charge is 2.25. The molecule has 0 aliphatic carbocycles. The van der Waals surface area contributed by atoms with Crippen molar-refractivity contribution in [3.8, 4) is 0 Å². The number of aromatic nitrogens is 2. The number of fused-ring (bicyclic) bond motifs is 2. The lowest BCUT2D eigenvalue weighted by Crippen LogP contribution is -2.34. The van der Waals surface area contributed by atoms with Crippen LogP contribution in [0.25, 0.3) is 10.8 Å². The Hall–Kier alpha value is -3.45. The first-order valence-corrected chi connectivity index (χ1v) is 11.4. The maximum absolute atomic E-state index is 13.9. The van der Waals surface area contributed by atoms with Gasteiger partial charge in [0, 0.05) is 16.0 Å². The highest BCUT2D eigenvalue weighted by molar-refractivity contribution is 7.99. The second kappa shape index (κ2) is 8.59. The normalized spacial score (nSPS) is 15.3. The lowest BCUT2D eigenvalue weighted by atomic mass is 10.0. The summed E-state index contributed by atoms with van der Waals surface area (Å²) in [5.74, 6) is 0.117. The Labute approximate surface area is 188 Å². The van der Waals surface area contributed by atoms with Crippen LogP contribution in [0.3, 0.4) is 0 Å². The minimum atomic E-state index is -0.380. The van der Waals surface area contributed by atoms with E-state index >= 15 is 0 Å². The zero-order chi connectivity index (χ0) is 22.1. The Bertz CT molecular complexity index is 1370. The topological polar surface area (TPSA) is 64.0 Å². The molecule has 3 aromatic carbocycles. The summed E-state index contributed by atoms with van der Waals surface area (Å²) in [5, 5.41) is 8.41. The van der Waals surface area contributed by atoms with Crippen molar-refractivity contribution in [2.24, 2.45) is 0 Å². The van der Waals surface area contributed by atoms with Crippen molar-refractivity contribution in [1.29, 1.82) is 0 Å². The van der Waals surface area contributed by atoms with Gasteiger partial charge in [-0.2, -0.15) is 5.10 Å². The molecule has 0 unspecified atom stereocenters. The summed E-state index contributed by atoms with van der Waals surface area (Å²) in [7, 11) is 0. The molecular weight excluding hydrogens is 425 g/mol. The van der Waals surface area contributed by atoms with Gasteiger partial charge in [0.15, 0.2) is 5.69 Å². The maximum Gasteiger partial charge on any atom is 0.274 e. The first kappa shape index (κ1) is 20.5. The number of benzene rings is 3. The predicted octanol–water partition coefficient (Wildman–Crippen LogP) is 4.55. The third kappa shape index (κ3) is 3.91. The van der Waals surface area contributed by atoms with Gasteiger partial charge in [-0.15, -0.1) is 11.8 Å². The molecule has 4 aromatic rings. The zero-order valence-corrected chi connectivity index (χ0v) is 17.9. The van der Waals surface area contributed by atoms with E-state index in [1.807, 2.05) is 30.3 Å². The third-order valence-electron chi connectivity index (χ3n) is 5.57. The highest BCUT2D eigenvalue weighted by Crippen LogP contribution is 2.36. The fraction of sp³-hybridized carbons (Fsp3) is 0.160. The molecule has 1 N–H and O–H groups in total. The standard InChI is InChI=1S/C25H20FN3O2S/c26-17-10-11-22-20(14-17)21(12-13-32-22)27-24(30)23-18-8-4-5-9-19(18)25(31)29(28-23)15-16-6-2-1-3-7-16/h1-11,14,21H,12-13,15H2,(H,27,30)/t21-/m1/s1. The molecule has 0 fully saturated rings. The third-order valence-corrected chi connectivity index (χ3v) is 6.70. The zero-order valence-electron chi connectivity index (χ0n) is 17.1. The Morgan fingerprint density at radius 1 is 1.06 bits per heavy atom. The number of hydrogen-bond donors (Lipinski definition) is 1. The van der Waals surface area contributed by atoms with Crippen LogP contribution in [0.5, 0.6) is 0 Å². The van der Waals surface area contributed by atoms with Crippen LogP contribution < -0.4 is 10.9 Å².